The topological polar surface area (TPSA) is 12.9 Å². The summed E-state index contributed by atoms with van der Waals surface area (Å²) in [5.41, 5.74) is 3.90. The summed E-state index contributed by atoms with van der Waals surface area (Å²) in [4.78, 5) is 4.18. The number of hydrogen-bond donors (Lipinski definition) is 0. The summed E-state index contributed by atoms with van der Waals surface area (Å²) >= 11 is -0.181. The van der Waals surface area contributed by atoms with Crippen LogP contribution in [0.4, 0.5) is 0 Å². The van der Waals surface area contributed by atoms with E-state index in [1.165, 1.54) is 16.5 Å². The second-order valence-electron chi connectivity index (χ2n) is 4.56. The molecule has 0 spiro atoms. The van der Waals surface area contributed by atoms with Crippen LogP contribution in [0.25, 0.3) is 17.0 Å². The van der Waals surface area contributed by atoms with Crippen molar-refractivity contribution in [3.63, 3.8) is 0 Å². The van der Waals surface area contributed by atoms with Crippen molar-refractivity contribution in [1.29, 1.82) is 0 Å². The minimum atomic E-state index is -0.181. The van der Waals surface area contributed by atoms with Crippen LogP contribution >= 0.6 is 20.1 Å². The number of nitrogens with zero attached hydrogens (tertiary/aromatic N) is 1. The van der Waals surface area contributed by atoms with Gasteiger partial charge in [0.15, 0.2) is 0 Å². The minimum Gasteiger partial charge on any atom is -0.256 e. The fourth-order valence-corrected chi connectivity index (χ4v) is 2.21. The fourth-order valence-electron chi connectivity index (χ4n) is 2.21. The van der Waals surface area contributed by atoms with Crippen LogP contribution in [0.1, 0.15) is 11.1 Å². The number of para-hydroxylation sites is 1. The largest absolute Gasteiger partial charge is 0.256 e. The Labute approximate surface area is 145 Å². The van der Waals surface area contributed by atoms with Gasteiger partial charge in [-0.05, 0) is 29.7 Å². The molecule has 22 heavy (non-hydrogen) atoms. The van der Waals surface area contributed by atoms with E-state index in [4.69, 9.17) is 20.1 Å². The predicted molar refractivity (Wildman–Crippen MR) is 92.6 cm³/mol. The van der Waals surface area contributed by atoms with Crippen molar-refractivity contribution in [1.82, 2.24) is 4.98 Å². The number of halogens is 2. The van der Waals surface area contributed by atoms with E-state index in [0.29, 0.717) is 0 Å². The standard InChI is InChI=1S/C9H7N.C9H8.2ClH.Cr/c1-2-6-9-8(4-1)5-3-7-10-9;1-2-5-9-7-3-6-8(9)4-1;;;/h1-7H;1-6H,7H2;2*1H;/q;;;;+2/p-2. The summed E-state index contributed by atoms with van der Waals surface area (Å²) in [6.45, 7) is 0. The summed E-state index contributed by atoms with van der Waals surface area (Å²) in [7, 11) is 9.65. The Bertz CT molecular complexity index is 678. The molecule has 0 radical (unpaired) electrons. The zero-order valence-electron chi connectivity index (χ0n) is 11.8. The Morgan fingerprint density at radius 2 is 1.55 bits per heavy atom. The third-order valence-electron chi connectivity index (χ3n) is 3.20. The van der Waals surface area contributed by atoms with Crippen LogP contribution in [0.3, 0.4) is 0 Å². The van der Waals surface area contributed by atoms with Crippen LogP contribution in [-0.2, 0) is 19.8 Å². The average Bonchev–Trinajstić information content (AvgIpc) is 3.05. The monoisotopic (exact) mass is 367 g/mol. The van der Waals surface area contributed by atoms with Crippen molar-refractivity contribution in [3.05, 3.63) is 84.1 Å². The number of pyridine rings is 1. The van der Waals surface area contributed by atoms with E-state index in [2.05, 4.69) is 53.5 Å². The molecule has 0 saturated heterocycles. The van der Waals surface area contributed by atoms with Gasteiger partial charge in [-0.1, -0.05) is 60.7 Å². The number of allylic oxidation sites excluding steroid dienone is 1. The summed E-state index contributed by atoms with van der Waals surface area (Å²) in [6.07, 6.45) is 7.30. The third kappa shape index (κ3) is 5.16. The first kappa shape index (κ1) is 17.1. The molecular weight excluding hydrogens is 353 g/mol. The number of hydrogen-bond acceptors (Lipinski definition) is 1. The van der Waals surface area contributed by atoms with Crippen LogP contribution in [0.5, 0.6) is 0 Å². The van der Waals surface area contributed by atoms with Gasteiger partial charge >= 0.3 is 33.5 Å². The Balaban J connectivity index is 0.000000137. The Morgan fingerprint density at radius 3 is 2.32 bits per heavy atom. The van der Waals surface area contributed by atoms with Gasteiger partial charge in [-0.15, -0.1) is 0 Å². The number of benzene rings is 2. The molecule has 1 aliphatic carbocycles. The molecule has 4 rings (SSSR count). The molecule has 0 unspecified atom stereocenters. The van der Waals surface area contributed by atoms with Crippen molar-refractivity contribution >= 4 is 37.1 Å². The van der Waals surface area contributed by atoms with Gasteiger partial charge in [0.2, 0.25) is 0 Å². The van der Waals surface area contributed by atoms with Gasteiger partial charge in [-0.25, -0.2) is 0 Å². The van der Waals surface area contributed by atoms with Crippen LogP contribution in [0, 0.1) is 0 Å². The van der Waals surface area contributed by atoms with Crippen LogP contribution < -0.4 is 0 Å². The first-order valence-corrected chi connectivity index (χ1v) is 10.3. The van der Waals surface area contributed by atoms with Crippen LogP contribution in [-0.4, -0.2) is 4.98 Å². The van der Waals surface area contributed by atoms with Gasteiger partial charge < -0.3 is 0 Å². The first-order chi connectivity index (χ1) is 10.8. The molecule has 3 aromatic rings. The number of fused-ring (bicyclic) bond motifs is 2. The maximum Gasteiger partial charge on any atom is 0.0701 e. The van der Waals surface area contributed by atoms with E-state index in [0.717, 1.165) is 11.9 Å². The van der Waals surface area contributed by atoms with Crippen LogP contribution in [0.15, 0.2) is 72.9 Å². The molecule has 0 fully saturated rings. The molecule has 0 bridgehead atoms. The summed E-state index contributed by atoms with van der Waals surface area (Å²) < 4.78 is 0. The minimum absolute atomic E-state index is 0.181. The first-order valence-electron chi connectivity index (χ1n) is 6.78. The smallest absolute Gasteiger partial charge is 0.0701 e. The van der Waals surface area contributed by atoms with E-state index in [1.54, 1.807) is 0 Å². The molecule has 0 aliphatic heterocycles. The van der Waals surface area contributed by atoms with Gasteiger partial charge in [-0.2, -0.15) is 0 Å². The SMILES string of the molecule is C1=Cc2ccccc2C1.[Cl][Cr][Cl].c1ccc2ncccc2c1. The zero-order chi connectivity index (χ0) is 15.6. The van der Waals surface area contributed by atoms with Gasteiger partial charge in [-0.3, -0.25) is 4.98 Å². The van der Waals surface area contributed by atoms with Gasteiger partial charge in [0.25, 0.3) is 0 Å². The van der Waals surface area contributed by atoms with Crippen molar-refractivity contribution in [2.24, 2.45) is 0 Å². The molecule has 1 aromatic heterocycles. The molecule has 1 heterocycles. The maximum atomic E-state index is 4.83. The quantitative estimate of drug-likeness (QED) is 0.484. The molecule has 2 aromatic carbocycles. The number of rotatable bonds is 0. The van der Waals surface area contributed by atoms with E-state index in [9.17, 15) is 0 Å². The Hall–Kier alpha value is -1.30. The van der Waals surface area contributed by atoms with Crippen molar-refractivity contribution < 1.29 is 13.4 Å². The molecule has 112 valence electrons. The molecular formula is C18H15Cl2CrN. The molecule has 0 saturated carbocycles. The van der Waals surface area contributed by atoms with Gasteiger partial charge in [0, 0.05) is 11.6 Å². The number of aromatic nitrogens is 1. The average molecular weight is 368 g/mol. The third-order valence-corrected chi connectivity index (χ3v) is 3.20. The normalized spacial score (nSPS) is 11.0. The van der Waals surface area contributed by atoms with Crippen molar-refractivity contribution in [2.45, 2.75) is 6.42 Å². The van der Waals surface area contributed by atoms with Gasteiger partial charge in [0.05, 0.1) is 5.52 Å². The summed E-state index contributed by atoms with van der Waals surface area (Å²) in [5, 5.41) is 1.20. The molecule has 1 aliphatic rings. The van der Waals surface area contributed by atoms with Crippen LogP contribution in [0.2, 0.25) is 0 Å². The molecule has 0 amide bonds. The molecule has 1 nitrogen and oxygen atoms in total. The zero-order valence-corrected chi connectivity index (χ0v) is 14.6. The second kappa shape index (κ2) is 9.67. The van der Waals surface area contributed by atoms with Crippen molar-refractivity contribution in [3.8, 4) is 0 Å². The fraction of sp³-hybridized carbons (Fsp3) is 0.0556. The summed E-state index contributed by atoms with van der Waals surface area (Å²) in [6, 6.07) is 20.6. The van der Waals surface area contributed by atoms with E-state index < -0.39 is 0 Å². The summed E-state index contributed by atoms with van der Waals surface area (Å²) in [5.74, 6) is 0. The molecule has 0 N–H and O–H groups in total. The van der Waals surface area contributed by atoms with E-state index in [1.807, 2.05) is 30.5 Å². The van der Waals surface area contributed by atoms with E-state index >= 15 is 0 Å². The Kier molecular flexibility index (Phi) is 7.50. The Morgan fingerprint density at radius 1 is 0.864 bits per heavy atom. The molecule has 0 atom stereocenters. The second-order valence-corrected chi connectivity index (χ2v) is 6.67. The predicted octanol–water partition coefficient (Wildman–Crippen LogP) is 5.87. The van der Waals surface area contributed by atoms with Gasteiger partial charge in [0.1, 0.15) is 0 Å². The maximum absolute atomic E-state index is 4.83. The van der Waals surface area contributed by atoms with Crippen molar-refractivity contribution in [2.75, 3.05) is 0 Å². The molecule has 4 heteroatoms. The van der Waals surface area contributed by atoms with E-state index in [-0.39, 0.29) is 13.4 Å².